The topological polar surface area (TPSA) is 49.9 Å². The average molecular weight is 427 g/mol. The highest BCUT2D eigenvalue weighted by molar-refractivity contribution is 5.77. The number of rotatable bonds is 6. The first kappa shape index (κ1) is 22.2. The highest BCUT2D eigenvalue weighted by Gasteiger charge is 2.44. The van der Waals surface area contributed by atoms with E-state index in [1.54, 1.807) is 0 Å². The number of nitrogens with zero attached hydrogens (tertiary/aromatic N) is 2. The van der Waals surface area contributed by atoms with Crippen molar-refractivity contribution in [2.24, 2.45) is 5.92 Å². The van der Waals surface area contributed by atoms with Crippen molar-refractivity contribution in [3.05, 3.63) is 29.8 Å². The van der Waals surface area contributed by atoms with E-state index in [-0.39, 0.29) is 17.4 Å². The number of carbonyl (C=O) groups excluding carboxylic acids is 2. The maximum atomic E-state index is 12.9. The van der Waals surface area contributed by atoms with Crippen LogP contribution in [0.3, 0.4) is 0 Å². The maximum absolute atomic E-state index is 12.9. The van der Waals surface area contributed by atoms with E-state index in [9.17, 15) is 9.59 Å². The maximum Gasteiger partial charge on any atom is 0.223 e. The second-order valence-corrected chi connectivity index (χ2v) is 9.73. The van der Waals surface area contributed by atoms with E-state index < -0.39 is 0 Å². The summed E-state index contributed by atoms with van der Waals surface area (Å²) in [4.78, 5) is 29.7. The number of benzene rings is 1. The van der Waals surface area contributed by atoms with Crippen molar-refractivity contribution in [3.63, 3.8) is 0 Å². The molecule has 1 atom stereocenters. The third-order valence-electron chi connectivity index (χ3n) is 7.81. The predicted octanol–water partition coefficient (Wildman–Crippen LogP) is 4.75. The molecule has 170 valence electrons. The first-order valence-corrected chi connectivity index (χ1v) is 12.4. The van der Waals surface area contributed by atoms with Crippen LogP contribution in [-0.2, 0) is 9.59 Å². The molecule has 2 aliphatic heterocycles. The van der Waals surface area contributed by atoms with Crippen LogP contribution < -0.4 is 4.74 Å². The van der Waals surface area contributed by atoms with E-state index in [0.717, 1.165) is 63.2 Å². The van der Waals surface area contributed by atoms with Crippen molar-refractivity contribution in [3.8, 4) is 5.75 Å². The number of carbonyl (C=O) groups is 2. The molecule has 1 aliphatic carbocycles. The van der Waals surface area contributed by atoms with Gasteiger partial charge in [0.15, 0.2) is 0 Å². The molecule has 0 N–H and O–H groups in total. The van der Waals surface area contributed by atoms with E-state index in [2.05, 4.69) is 11.0 Å². The number of hydrogen-bond donors (Lipinski definition) is 0. The molecule has 1 aromatic rings. The predicted molar refractivity (Wildman–Crippen MR) is 122 cm³/mol. The Kier molecular flexibility index (Phi) is 6.88. The summed E-state index contributed by atoms with van der Waals surface area (Å²) in [6.07, 6.45) is 8.82. The summed E-state index contributed by atoms with van der Waals surface area (Å²) in [6, 6.07) is 8.21. The molecule has 2 heterocycles. The Morgan fingerprint density at radius 1 is 1.06 bits per heavy atom. The highest BCUT2D eigenvalue weighted by Crippen LogP contribution is 2.46. The van der Waals surface area contributed by atoms with Crippen molar-refractivity contribution in [2.45, 2.75) is 83.2 Å². The summed E-state index contributed by atoms with van der Waals surface area (Å²) >= 11 is 0. The molecule has 0 aromatic heterocycles. The summed E-state index contributed by atoms with van der Waals surface area (Å²) in [5, 5.41) is 0. The molecule has 0 radical (unpaired) electrons. The Hall–Kier alpha value is -2.04. The minimum absolute atomic E-state index is 0.179. The molecule has 1 aromatic carbocycles. The van der Waals surface area contributed by atoms with Crippen LogP contribution in [0.2, 0.25) is 0 Å². The molecule has 1 spiro atoms. The molecule has 31 heavy (non-hydrogen) atoms. The fraction of sp³-hybridized carbons (Fsp3) is 0.692. The van der Waals surface area contributed by atoms with Crippen LogP contribution in [0, 0.1) is 5.92 Å². The van der Waals surface area contributed by atoms with E-state index in [1.165, 1.54) is 25.7 Å². The SMILES string of the molecule is CCN(CC)C(=O)CC1CC2(CCN(C(=O)CC3CCCC3)CC2)Oc2ccccc21. The molecule has 4 rings (SSSR count). The average Bonchev–Trinajstić information content (AvgIpc) is 3.28. The second kappa shape index (κ2) is 9.62. The minimum atomic E-state index is -0.257. The van der Waals surface area contributed by atoms with Crippen LogP contribution >= 0.6 is 0 Å². The summed E-state index contributed by atoms with van der Waals surface area (Å²) in [5.74, 6) is 2.25. The molecule has 5 heteroatoms. The Labute approximate surface area is 187 Å². The zero-order chi connectivity index (χ0) is 21.8. The zero-order valence-electron chi connectivity index (χ0n) is 19.3. The van der Waals surface area contributed by atoms with Gasteiger partial charge in [0.05, 0.1) is 0 Å². The first-order valence-electron chi connectivity index (χ1n) is 12.4. The smallest absolute Gasteiger partial charge is 0.223 e. The molecular formula is C26H38N2O3. The van der Waals surface area contributed by atoms with Crippen LogP contribution in [0.5, 0.6) is 5.75 Å². The van der Waals surface area contributed by atoms with Crippen molar-refractivity contribution in [1.82, 2.24) is 9.80 Å². The van der Waals surface area contributed by atoms with Crippen molar-refractivity contribution in [2.75, 3.05) is 26.2 Å². The summed E-state index contributed by atoms with van der Waals surface area (Å²) in [7, 11) is 0. The van der Waals surface area contributed by atoms with Gasteiger partial charge in [0.2, 0.25) is 11.8 Å². The van der Waals surface area contributed by atoms with Gasteiger partial charge in [-0.1, -0.05) is 31.0 Å². The standard InChI is InChI=1S/C26H38N2O3/c1-3-27(4-2)25(30)18-21-19-26(31-23-12-8-7-11-22(21)23)13-15-28(16-14-26)24(29)17-20-9-5-6-10-20/h7-8,11-12,20-21H,3-6,9-10,13-19H2,1-2H3. The summed E-state index contributed by atoms with van der Waals surface area (Å²) < 4.78 is 6.58. The van der Waals surface area contributed by atoms with Gasteiger partial charge in [0.25, 0.3) is 0 Å². The van der Waals surface area contributed by atoms with Crippen LogP contribution in [0.15, 0.2) is 24.3 Å². The Morgan fingerprint density at radius 2 is 1.74 bits per heavy atom. The monoisotopic (exact) mass is 426 g/mol. The van der Waals surface area contributed by atoms with E-state index >= 15 is 0 Å². The normalized spacial score (nSPS) is 22.8. The molecule has 2 fully saturated rings. The Bertz CT molecular complexity index is 775. The van der Waals surface area contributed by atoms with Gasteiger partial charge in [-0.3, -0.25) is 9.59 Å². The minimum Gasteiger partial charge on any atom is -0.487 e. The van der Waals surface area contributed by atoms with Crippen LogP contribution in [0.25, 0.3) is 0 Å². The van der Waals surface area contributed by atoms with E-state index in [1.807, 2.05) is 36.9 Å². The van der Waals surface area contributed by atoms with Gasteiger partial charge in [-0.05, 0) is 50.7 Å². The largest absolute Gasteiger partial charge is 0.487 e. The number of likely N-dealkylation sites (tertiary alicyclic amines) is 1. The molecule has 1 unspecified atom stereocenters. The lowest BCUT2D eigenvalue weighted by Crippen LogP contribution is -2.52. The lowest BCUT2D eigenvalue weighted by molar-refractivity contribution is -0.136. The molecule has 3 aliphatic rings. The van der Waals surface area contributed by atoms with E-state index in [0.29, 0.717) is 18.2 Å². The molecule has 2 amide bonds. The van der Waals surface area contributed by atoms with Gasteiger partial charge in [-0.15, -0.1) is 0 Å². The molecular weight excluding hydrogens is 388 g/mol. The lowest BCUT2D eigenvalue weighted by atomic mass is 9.76. The van der Waals surface area contributed by atoms with E-state index in [4.69, 9.17) is 4.74 Å². The van der Waals surface area contributed by atoms with Gasteiger partial charge in [-0.2, -0.15) is 0 Å². The van der Waals surface area contributed by atoms with Gasteiger partial charge in [0, 0.05) is 57.8 Å². The number of hydrogen-bond acceptors (Lipinski definition) is 3. The van der Waals surface area contributed by atoms with Gasteiger partial charge in [-0.25, -0.2) is 0 Å². The number of ether oxygens (including phenoxy) is 1. The number of fused-ring (bicyclic) bond motifs is 1. The highest BCUT2D eigenvalue weighted by atomic mass is 16.5. The molecule has 1 saturated heterocycles. The number of para-hydroxylation sites is 1. The lowest BCUT2D eigenvalue weighted by Gasteiger charge is -2.47. The van der Waals surface area contributed by atoms with Gasteiger partial charge < -0.3 is 14.5 Å². The third-order valence-corrected chi connectivity index (χ3v) is 7.81. The Morgan fingerprint density at radius 3 is 2.42 bits per heavy atom. The summed E-state index contributed by atoms with van der Waals surface area (Å²) in [5.41, 5.74) is 0.903. The zero-order valence-corrected chi connectivity index (χ0v) is 19.3. The third kappa shape index (κ3) is 4.91. The van der Waals surface area contributed by atoms with Crippen molar-refractivity contribution in [1.29, 1.82) is 0 Å². The van der Waals surface area contributed by atoms with Crippen LogP contribution in [0.1, 0.15) is 83.1 Å². The van der Waals surface area contributed by atoms with Crippen molar-refractivity contribution >= 4 is 11.8 Å². The van der Waals surface area contributed by atoms with Gasteiger partial charge in [0.1, 0.15) is 11.4 Å². The number of piperidine rings is 1. The second-order valence-electron chi connectivity index (χ2n) is 9.73. The van der Waals surface area contributed by atoms with Crippen molar-refractivity contribution < 1.29 is 14.3 Å². The molecule has 0 bridgehead atoms. The van der Waals surface area contributed by atoms with Crippen LogP contribution in [0.4, 0.5) is 0 Å². The first-order chi connectivity index (χ1) is 15.0. The molecule has 5 nitrogen and oxygen atoms in total. The van der Waals surface area contributed by atoms with Crippen LogP contribution in [-0.4, -0.2) is 53.4 Å². The number of amides is 2. The quantitative estimate of drug-likeness (QED) is 0.659. The fourth-order valence-electron chi connectivity index (χ4n) is 5.90. The summed E-state index contributed by atoms with van der Waals surface area (Å²) in [6.45, 7) is 7.12. The molecule has 1 saturated carbocycles. The van der Waals surface area contributed by atoms with Gasteiger partial charge >= 0.3 is 0 Å². The Balaban J connectivity index is 1.43. The fourth-order valence-corrected chi connectivity index (χ4v) is 5.90.